The number of carbonyl (C=O) groups excluding carboxylic acids is 1. The second-order valence-electron chi connectivity index (χ2n) is 7.09. The largest absolute Gasteiger partial charge is 0.378 e. The van der Waals surface area contributed by atoms with Crippen molar-refractivity contribution < 1.29 is 4.79 Å². The summed E-state index contributed by atoms with van der Waals surface area (Å²) < 4.78 is 1.87. The molecule has 3 heterocycles. The molecule has 0 saturated carbocycles. The summed E-state index contributed by atoms with van der Waals surface area (Å²) in [6, 6.07) is 12.2. The van der Waals surface area contributed by atoms with E-state index in [-0.39, 0.29) is 11.9 Å². The van der Waals surface area contributed by atoms with Crippen LogP contribution in [0.25, 0.3) is 11.5 Å². The van der Waals surface area contributed by atoms with Crippen molar-refractivity contribution in [2.24, 2.45) is 7.05 Å². The van der Waals surface area contributed by atoms with Gasteiger partial charge < -0.3 is 15.2 Å². The van der Waals surface area contributed by atoms with Crippen molar-refractivity contribution in [1.29, 1.82) is 0 Å². The number of anilines is 1. The monoisotopic (exact) mass is 448 g/mol. The molecule has 9 nitrogen and oxygen atoms in total. The summed E-state index contributed by atoms with van der Waals surface area (Å²) in [5.74, 6) is 1.17. The zero-order valence-corrected chi connectivity index (χ0v) is 18.3. The molecule has 0 fully saturated rings. The Bertz CT molecular complexity index is 1230. The topological polar surface area (TPSA) is 111 Å². The van der Waals surface area contributed by atoms with Crippen LogP contribution < -0.4 is 10.6 Å². The van der Waals surface area contributed by atoms with Crippen LogP contribution in [-0.2, 0) is 13.6 Å². The minimum absolute atomic E-state index is 0.215. The first-order chi connectivity index (χ1) is 15.5. The van der Waals surface area contributed by atoms with Gasteiger partial charge in [0.15, 0.2) is 11.6 Å². The summed E-state index contributed by atoms with van der Waals surface area (Å²) in [6.07, 6.45) is 4.78. The maximum absolute atomic E-state index is 12.7. The molecule has 0 aliphatic rings. The SMILES string of the molecule is C[C@H](NC(=O)c1cccc(NCc2nnc(-c3ccncn3)n2C)c1)c1ncccc1Cl. The molecule has 4 aromatic rings. The fourth-order valence-electron chi connectivity index (χ4n) is 3.18. The van der Waals surface area contributed by atoms with Crippen LogP contribution >= 0.6 is 11.6 Å². The van der Waals surface area contributed by atoms with Gasteiger partial charge in [0, 0.05) is 30.7 Å². The molecule has 1 atom stereocenters. The molecule has 0 unspecified atom stereocenters. The summed E-state index contributed by atoms with van der Waals surface area (Å²) in [5, 5.41) is 15.2. The molecule has 0 bridgehead atoms. The fourth-order valence-corrected chi connectivity index (χ4v) is 3.46. The first-order valence-corrected chi connectivity index (χ1v) is 10.3. The molecule has 0 aliphatic carbocycles. The quantitative estimate of drug-likeness (QED) is 0.445. The molecule has 2 N–H and O–H groups in total. The highest BCUT2D eigenvalue weighted by molar-refractivity contribution is 6.31. The van der Waals surface area contributed by atoms with Crippen LogP contribution in [-0.4, -0.2) is 35.6 Å². The van der Waals surface area contributed by atoms with Gasteiger partial charge in [-0.3, -0.25) is 9.78 Å². The third-order valence-electron chi connectivity index (χ3n) is 4.90. The molecule has 3 aromatic heterocycles. The van der Waals surface area contributed by atoms with Crippen LogP contribution in [0.5, 0.6) is 0 Å². The Kier molecular flexibility index (Phi) is 6.37. The molecule has 0 saturated heterocycles. The number of rotatable bonds is 7. The molecule has 1 aromatic carbocycles. The second kappa shape index (κ2) is 9.52. The third kappa shape index (κ3) is 4.73. The first-order valence-electron chi connectivity index (χ1n) is 9.93. The van der Waals surface area contributed by atoms with Gasteiger partial charge >= 0.3 is 0 Å². The second-order valence-corrected chi connectivity index (χ2v) is 7.50. The van der Waals surface area contributed by atoms with Gasteiger partial charge in [-0.15, -0.1) is 10.2 Å². The number of carbonyl (C=O) groups is 1. The van der Waals surface area contributed by atoms with E-state index in [1.807, 2.05) is 30.7 Å². The molecule has 1 amide bonds. The Morgan fingerprint density at radius 1 is 1.12 bits per heavy atom. The van der Waals surface area contributed by atoms with Gasteiger partial charge in [0.05, 0.1) is 23.3 Å². The Labute approximate surface area is 189 Å². The van der Waals surface area contributed by atoms with Crippen molar-refractivity contribution in [2.75, 3.05) is 5.32 Å². The number of halogens is 1. The summed E-state index contributed by atoms with van der Waals surface area (Å²) in [5.41, 5.74) is 2.63. The van der Waals surface area contributed by atoms with Crippen molar-refractivity contribution in [3.8, 4) is 11.5 Å². The van der Waals surface area contributed by atoms with E-state index in [2.05, 4.69) is 35.8 Å². The number of hydrogen-bond donors (Lipinski definition) is 2. The van der Waals surface area contributed by atoms with E-state index in [1.54, 1.807) is 42.7 Å². The van der Waals surface area contributed by atoms with Gasteiger partial charge in [-0.25, -0.2) is 9.97 Å². The van der Waals surface area contributed by atoms with E-state index in [9.17, 15) is 4.79 Å². The van der Waals surface area contributed by atoms with E-state index in [0.717, 1.165) is 11.5 Å². The van der Waals surface area contributed by atoms with Crippen LogP contribution in [0.2, 0.25) is 5.02 Å². The average Bonchev–Trinajstić information content (AvgIpc) is 3.19. The fraction of sp³-hybridized carbons (Fsp3) is 0.182. The highest BCUT2D eigenvalue weighted by atomic mass is 35.5. The number of nitrogens with one attached hydrogen (secondary N) is 2. The van der Waals surface area contributed by atoms with Gasteiger partial charge in [-0.05, 0) is 43.3 Å². The van der Waals surface area contributed by atoms with Crippen molar-refractivity contribution in [2.45, 2.75) is 19.5 Å². The van der Waals surface area contributed by atoms with Gasteiger partial charge in [0.2, 0.25) is 0 Å². The van der Waals surface area contributed by atoms with Crippen LogP contribution in [0.15, 0.2) is 61.2 Å². The molecular formula is C22H21ClN8O. The number of nitrogens with zero attached hydrogens (tertiary/aromatic N) is 6. The van der Waals surface area contributed by atoms with Crippen molar-refractivity contribution in [1.82, 2.24) is 35.0 Å². The van der Waals surface area contributed by atoms with E-state index < -0.39 is 0 Å². The molecular weight excluding hydrogens is 428 g/mol. The zero-order valence-electron chi connectivity index (χ0n) is 17.5. The molecule has 0 radical (unpaired) electrons. The standard InChI is InChI=1S/C22H21ClN8O/c1-14(20-17(23)7-4-9-25-20)28-22(32)15-5-3-6-16(11-15)26-12-19-29-30-21(31(19)2)18-8-10-24-13-27-18/h3-11,13-14,26H,12H2,1-2H3,(H,28,32)/t14-/m0/s1. The van der Waals surface area contributed by atoms with E-state index in [4.69, 9.17) is 11.6 Å². The average molecular weight is 449 g/mol. The van der Waals surface area contributed by atoms with Crippen molar-refractivity contribution in [3.63, 3.8) is 0 Å². The third-order valence-corrected chi connectivity index (χ3v) is 5.22. The number of benzene rings is 1. The molecule has 0 aliphatic heterocycles. The van der Waals surface area contributed by atoms with E-state index in [0.29, 0.717) is 34.3 Å². The highest BCUT2D eigenvalue weighted by Gasteiger charge is 2.16. The Morgan fingerprint density at radius 3 is 2.78 bits per heavy atom. The van der Waals surface area contributed by atoms with E-state index >= 15 is 0 Å². The summed E-state index contributed by atoms with van der Waals surface area (Å²) in [6.45, 7) is 2.27. The van der Waals surface area contributed by atoms with Gasteiger partial charge in [0.1, 0.15) is 12.0 Å². The Morgan fingerprint density at radius 2 is 2.00 bits per heavy atom. The van der Waals surface area contributed by atoms with Crippen LogP contribution in [0.4, 0.5) is 5.69 Å². The Hall–Kier alpha value is -3.85. The Balaban J connectivity index is 1.42. The molecule has 32 heavy (non-hydrogen) atoms. The lowest BCUT2D eigenvalue weighted by molar-refractivity contribution is 0.0939. The predicted octanol–water partition coefficient (Wildman–Crippen LogP) is 3.42. The van der Waals surface area contributed by atoms with Crippen molar-refractivity contribution in [3.05, 3.63) is 83.3 Å². The normalized spacial score (nSPS) is 11.7. The minimum atomic E-state index is -0.327. The maximum Gasteiger partial charge on any atom is 0.251 e. The smallest absolute Gasteiger partial charge is 0.251 e. The van der Waals surface area contributed by atoms with Gasteiger partial charge in [0.25, 0.3) is 5.91 Å². The molecule has 10 heteroatoms. The first kappa shape index (κ1) is 21.4. The maximum atomic E-state index is 12.7. The number of hydrogen-bond acceptors (Lipinski definition) is 7. The molecule has 0 spiro atoms. The van der Waals surface area contributed by atoms with Crippen molar-refractivity contribution >= 4 is 23.2 Å². The lowest BCUT2D eigenvalue weighted by Crippen LogP contribution is -2.27. The highest BCUT2D eigenvalue weighted by Crippen LogP contribution is 2.21. The number of aromatic nitrogens is 6. The summed E-state index contributed by atoms with van der Waals surface area (Å²) in [7, 11) is 1.88. The van der Waals surface area contributed by atoms with E-state index in [1.165, 1.54) is 6.33 Å². The van der Waals surface area contributed by atoms with Gasteiger partial charge in [-0.1, -0.05) is 17.7 Å². The lowest BCUT2D eigenvalue weighted by Gasteiger charge is -2.15. The summed E-state index contributed by atoms with van der Waals surface area (Å²) in [4.78, 5) is 25.1. The minimum Gasteiger partial charge on any atom is -0.378 e. The summed E-state index contributed by atoms with van der Waals surface area (Å²) >= 11 is 6.18. The molecule has 162 valence electrons. The molecule has 4 rings (SSSR count). The predicted molar refractivity (Wildman–Crippen MR) is 121 cm³/mol. The van der Waals surface area contributed by atoms with Crippen LogP contribution in [0, 0.1) is 0 Å². The van der Waals surface area contributed by atoms with Crippen LogP contribution in [0.1, 0.15) is 34.8 Å². The van der Waals surface area contributed by atoms with Gasteiger partial charge in [-0.2, -0.15) is 0 Å². The zero-order chi connectivity index (χ0) is 22.5. The van der Waals surface area contributed by atoms with Crippen LogP contribution in [0.3, 0.4) is 0 Å². The lowest BCUT2D eigenvalue weighted by atomic mass is 10.1. The number of pyridine rings is 1. The number of amides is 1.